The van der Waals surface area contributed by atoms with Crippen molar-refractivity contribution >= 4 is 41.3 Å². The van der Waals surface area contributed by atoms with Crippen LogP contribution in [0.3, 0.4) is 0 Å². The molecule has 1 saturated heterocycles. The third-order valence-electron chi connectivity index (χ3n) is 4.62. The van der Waals surface area contributed by atoms with Crippen molar-refractivity contribution in [2.24, 2.45) is 4.99 Å². The minimum absolute atomic E-state index is 0. The van der Waals surface area contributed by atoms with Gasteiger partial charge in [-0.25, -0.2) is 0 Å². The van der Waals surface area contributed by atoms with Gasteiger partial charge in [0.05, 0.1) is 11.0 Å². The van der Waals surface area contributed by atoms with Crippen LogP contribution in [0.1, 0.15) is 19.3 Å². The number of likely N-dealkylation sites (tertiary alicyclic amines) is 1. The van der Waals surface area contributed by atoms with Gasteiger partial charge in [-0.1, -0.05) is 12.1 Å². The maximum absolute atomic E-state index is 11.0. The predicted octanol–water partition coefficient (Wildman–Crippen LogP) is 2.72. The van der Waals surface area contributed by atoms with Crippen molar-refractivity contribution < 1.29 is 14.4 Å². The zero-order valence-corrected chi connectivity index (χ0v) is 19.5. The quantitative estimate of drug-likeness (QED) is 0.122. The molecule has 10 heteroatoms. The lowest BCUT2D eigenvalue weighted by molar-refractivity contribution is -0.384. The van der Waals surface area contributed by atoms with Gasteiger partial charge in [0.2, 0.25) is 0 Å². The maximum Gasteiger partial charge on any atom is 0.292 e. The maximum atomic E-state index is 11.0. The first-order valence-electron chi connectivity index (χ1n) is 9.69. The zero-order valence-electron chi connectivity index (χ0n) is 17.1. The summed E-state index contributed by atoms with van der Waals surface area (Å²) in [5, 5.41) is 17.5. The second-order valence-corrected chi connectivity index (χ2v) is 6.58. The van der Waals surface area contributed by atoms with Gasteiger partial charge in [-0.3, -0.25) is 15.1 Å². The van der Waals surface area contributed by atoms with E-state index in [9.17, 15) is 10.1 Å². The summed E-state index contributed by atoms with van der Waals surface area (Å²) < 4.78 is 10.9. The molecule has 1 heterocycles. The van der Waals surface area contributed by atoms with E-state index in [-0.39, 0.29) is 34.6 Å². The van der Waals surface area contributed by atoms with Crippen LogP contribution in [0, 0.1) is 10.1 Å². The first-order chi connectivity index (χ1) is 13.7. The average molecular weight is 521 g/mol. The Balaban J connectivity index is 0.00000420. The second-order valence-electron chi connectivity index (χ2n) is 6.58. The van der Waals surface area contributed by atoms with Gasteiger partial charge in [-0.15, -0.1) is 24.0 Å². The van der Waals surface area contributed by atoms with Gasteiger partial charge in [0.15, 0.2) is 5.96 Å². The van der Waals surface area contributed by atoms with Crippen LogP contribution < -0.4 is 10.6 Å². The summed E-state index contributed by atoms with van der Waals surface area (Å²) in [6.45, 7) is 4.44. The highest BCUT2D eigenvalue weighted by molar-refractivity contribution is 14.0. The lowest BCUT2D eigenvalue weighted by Crippen LogP contribution is -2.47. The molecule has 164 valence electrons. The number of para-hydroxylation sites is 2. The number of anilines is 1. The number of guanidine groups is 1. The molecule has 1 aromatic rings. The molecule has 1 aliphatic heterocycles. The fourth-order valence-electron chi connectivity index (χ4n) is 3.17. The van der Waals surface area contributed by atoms with E-state index >= 15 is 0 Å². The smallest absolute Gasteiger partial charge is 0.292 e. The molecule has 0 amide bonds. The largest absolute Gasteiger partial charge is 0.385 e. The molecule has 2 rings (SSSR count). The van der Waals surface area contributed by atoms with Crippen LogP contribution >= 0.6 is 24.0 Å². The Labute approximate surface area is 189 Å². The molecular weight excluding hydrogens is 489 g/mol. The van der Waals surface area contributed by atoms with Crippen molar-refractivity contribution in [2.45, 2.75) is 25.4 Å². The van der Waals surface area contributed by atoms with Gasteiger partial charge < -0.3 is 25.0 Å². The van der Waals surface area contributed by atoms with Crippen LogP contribution in [0.15, 0.2) is 29.3 Å². The van der Waals surface area contributed by atoms with Gasteiger partial charge in [-0.2, -0.15) is 0 Å². The first kappa shape index (κ1) is 25.4. The normalized spacial score (nSPS) is 15.0. The van der Waals surface area contributed by atoms with E-state index in [2.05, 4.69) is 20.5 Å². The third-order valence-corrected chi connectivity index (χ3v) is 4.62. The number of rotatable bonds is 10. The number of aliphatic imine (C=N–C) groups is 1. The Morgan fingerprint density at radius 3 is 2.66 bits per heavy atom. The van der Waals surface area contributed by atoms with Gasteiger partial charge in [0.25, 0.3) is 5.69 Å². The topological polar surface area (TPSA) is 101 Å². The number of hydrogen-bond acceptors (Lipinski definition) is 6. The fraction of sp³-hybridized carbons (Fsp3) is 0.632. The highest BCUT2D eigenvalue weighted by atomic mass is 127. The summed E-state index contributed by atoms with van der Waals surface area (Å²) in [6.07, 6.45) is 3.17. The zero-order chi connectivity index (χ0) is 20.2. The lowest BCUT2D eigenvalue weighted by Gasteiger charge is -2.34. The highest BCUT2D eigenvalue weighted by Gasteiger charge is 2.21. The molecule has 2 N–H and O–H groups in total. The van der Waals surface area contributed by atoms with Gasteiger partial charge in [-0.05, 0) is 25.3 Å². The summed E-state index contributed by atoms with van der Waals surface area (Å²) in [5.41, 5.74) is 0.607. The van der Waals surface area contributed by atoms with E-state index in [0.29, 0.717) is 24.9 Å². The van der Waals surface area contributed by atoms with E-state index in [1.165, 1.54) is 6.07 Å². The number of halogens is 1. The van der Waals surface area contributed by atoms with E-state index in [4.69, 9.17) is 9.47 Å². The Morgan fingerprint density at radius 1 is 1.28 bits per heavy atom. The van der Waals surface area contributed by atoms with Gasteiger partial charge in [0, 0.05) is 59.6 Å². The van der Waals surface area contributed by atoms with E-state index in [1.54, 1.807) is 32.4 Å². The molecule has 1 aromatic carbocycles. The summed E-state index contributed by atoms with van der Waals surface area (Å²) in [7, 11) is 3.47. The van der Waals surface area contributed by atoms with E-state index in [1.807, 2.05) is 0 Å². The SMILES string of the molecule is CN=C(NCCNc1ccccc1[N+](=O)[O-])N1CCC(OCCCOC)CC1.I. The predicted molar refractivity (Wildman–Crippen MR) is 125 cm³/mol. The Kier molecular flexibility index (Phi) is 12.6. The lowest BCUT2D eigenvalue weighted by atomic mass is 10.1. The standard InChI is InChI=1S/C19H31N5O4.HI/c1-20-19(23-12-8-16(9-13-23)28-15-5-14-27-2)22-11-10-21-17-6-3-4-7-18(17)24(25)26;/h3-4,6-7,16,21H,5,8-15H2,1-2H3,(H,20,22);1H. The number of ether oxygens (including phenoxy) is 2. The average Bonchev–Trinajstić information content (AvgIpc) is 2.72. The molecule has 0 aromatic heterocycles. The van der Waals surface area contributed by atoms with E-state index in [0.717, 1.165) is 51.5 Å². The Hall–Kier alpha value is -1.66. The van der Waals surface area contributed by atoms with Crippen LogP contribution in [-0.4, -0.2) is 75.4 Å². The molecule has 0 spiro atoms. The molecule has 29 heavy (non-hydrogen) atoms. The van der Waals surface area contributed by atoms with Crippen molar-refractivity contribution in [1.82, 2.24) is 10.2 Å². The second kappa shape index (κ2) is 14.3. The molecular formula is C19H32IN5O4. The molecule has 1 fully saturated rings. The number of nitrogens with zero attached hydrogens (tertiary/aromatic N) is 3. The van der Waals surface area contributed by atoms with Crippen LogP contribution in [-0.2, 0) is 9.47 Å². The van der Waals surface area contributed by atoms with Crippen molar-refractivity contribution in [2.75, 3.05) is 58.9 Å². The minimum atomic E-state index is -0.379. The third kappa shape index (κ3) is 8.70. The van der Waals surface area contributed by atoms with Crippen LogP contribution in [0.25, 0.3) is 0 Å². The van der Waals surface area contributed by atoms with Crippen molar-refractivity contribution in [1.29, 1.82) is 0 Å². The summed E-state index contributed by atoms with van der Waals surface area (Å²) in [4.78, 5) is 17.2. The summed E-state index contributed by atoms with van der Waals surface area (Å²) in [6, 6.07) is 6.65. The van der Waals surface area contributed by atoms with E-state index < -0.39 is 0 Å². The number of piperidine rings is 1. The minimum Gasteiger partial charge on any atom is -0.385 e. The summed E-state index contributed by atoms with van der Waals surface area (Å²) in [5.74, 6) is 0.849. The molecule has 9 nitrogen and oxygen atoms in total. The number of hydrogen-bond donors (Lipinski definition) is 2. The number of nitrogens with one attached hydrogen (secondary N) is 2. The van der Waals surface area contributed by atoms with Crippen molar-refractivity contribution in [3.63, 3.8) is 0 Å². The number of benzene rings is 1. The molecule has 0 atom stereocenters. The van der Waals surface area contributed by atoms with Crippen molar-refractivity contribution in [3.05, 3.63) is 34.4 Å². The number of nitro benzene ring substituents is 1. The molecule has 0 bridgehead atoms. The van der Waals surface area contributed by atoms with Crippen LogP contribution in [0.5, 0.6) is 0 Å². The number of nitro groups is 1. The fourth-order valence-corrected chi connectivity index (χ4v) is 3.17. The van der Waals surface area contributed by atoms with Crippen LogP contribution in [0.4, 0.5) is 11.4 Å². The first-order valence-corrected chi connectivity index (χ1v) is 9.69. The molecule has 0 unspecified atom stereocenters. The van der Waals surface area contributed by atoms with Crippen molar-refractivity contribution in [3.8, 4) is 0 Å². The monoisotopic (exact) mass is 521 g/mol. The molecule has 0 radical (unpaired) electrons. The number of methoxy groups -OCH3 is 1. The summed E-state index contributed by atoms with van der Waals surface area (Å²) >= 11 is 0. The molecule has 0 saturated carbocycles. The highest BCUT2D eigenvalue weighted by Crippen LogP contribution is 2.22. The Morgan fingerprint density at radius 2 is 2.00 bits per heavy atom. The Bertz CT molecular complexity index is 639. The molecule has 0 aliphatic carbocycles. The van der Waals surface area contributed by atoms with Crippen LogP contribution in [0.2, 0.25) is 0 Å². The van der Waals surface area contributed by atoms with Gasteiger partial charge >= 0.3 is 0 Å². The van der Waals surface area contributed by atoms with Gasteiger partial charge in [0.1, 0.15) is 5.69 Å². The molecule has 1 aliphatic rings.